The topological polar surface area (TPSA) is 102 Å². The van der Waals surface area contributed by atoms with Crippen LogP contribution in [0.25, 0.3) is 0 Å². The molecular formula is C23H21ClN2O5S. The summed E-state index contributed by atoms with van der Waals surface area (Å²) in [6.07, 6.45) is -0.128. The van der Waals surface area contributed by atoms with Crippen molar-refractivity contribution >= 4 is 39.0 Å². The first kappa shape index (κ1) is 23.5. The van der Waals surface area contributed by atoms with Crippen LogP contribution in [0.3, 0.4) is 0 Å². The highest BCUT2D eigenvalue weighted by atomic mass is 35.5. The van der Waals surface area contributed by atoms with Gasteiger partial charge in [-0.2, -0.15) is 0 Å². The van der Waals surface area contributed by atoms with E-state index in [0.717, 1.165) is 0 Å². The molecule has 0 spiro atoms. The molecule has 0 bridgehead atoms. The Hall–Kier alpha value is -3.20. The molecule has 7 nitrogen and oxygen atoms in total. The van der Waals surface area contributed by atoms with Crippen molar-refractivity contribution in [2.24, 2.45) is 0 Å². The smallest absolute Gasteiger partial charge is 0.240 e. The maximum Gasteiger partial charge on any atom is 0.240 e. The fourth-order valence-corrected chi connectivity index (χ4v) is 4.11. The van der Waals surface area contributed by atoms with Crippen molar-refractivity contribution in [3.63, 3.8) is 0 Å². The van der Waals surface area contributed by atoms with Gasteiger partial charge < -0.3 is 10.1 Å². The van der Waals surface area contributed by atoms with Gasteiger partial charge in [0.05, 0.1) is 17.7 Å². The van der Waals surface area contributed by atoms with Gasteiger partial charge in [0, 0.05) is 29.1 Å². The Balaban J connectivity index is 1.64. The molecule has 0 saturated carbocycles. The van der Waals surface area contributed by atoms with E-state index in [1.165, 1.54) is 43.5 Å². The van der Waals surface area contributed by atoms with Crippen LogP contribution in [0.4, 0.5) is 5.69 Å². The summed E-state index contributed by atoms with van der Waals surface area (Å²) in [7, 11) is -2.29. The summed E-state index contributed by atoms with van der Waals surface area (Å²) in [5.41, 5.74) is 1.000. The van der Waals surface area contributed by atoms with Crippen LogP contribution < -0.4 is 14.8 Å². The minimum Gasteiger partial charge on any atom is -0.497 e. The third-order valence-corrected chi connectivity index (χ3v) is 6.26. The number of anilines is 1. The van der Waals surface area contributed by atoms with Gasteiger partial charge in [0.1, 0.15) is 5.75 Å². The minimum absolute atomic E-state index is 0.0622. The quantitative estimate of drug-likeness (QED) is 0.460. The molecule has 166 valence electrons. The highest BCUT2D eigenvalue weighted by molar-refractivity contribution is 7.89. The second-order valence-corrected chi connectivity index (χ2v) is 8.96. The molecule has 32 heavy (non-hydrogen) atoms. The highest BCUT2D eigenvalue weighted by Crippen LogP contribution is 2.24. The molecule has 1 amide bonds. The Morgan fingerprint density at radius 2 is 1.66 bits per heavy atom. The molecule has 0 saturated heterocycles. The van der Waals surface area contributed by atoms with Crippen molar-refractivity contribution in [2.45, 2.75) is 11.3 Å². The summed E-state index contributed by atoms with van der Waals surface area (Å²) in [5, 5.41) is 3.02. The lowest BCUT2D eigenvalue weighted by Crippen LogP contribution is -2.28. The number of hydrogen-bond acceptors (Lipinski definition) is 5. The molecule has 0 atom stereocenters. The summed E-state index contributed by atoms with van der Waals surface area (Å²) in [6.45, 7) is -0.115. The number of amides is 1. The molecule has 9 heteroatoms. The molecule has 0 aromatic heterocycles. The molecule has 3 aromatic rings. The number of methoxy groups -OCH3 is 1. The fourth-order valence-electron chi connectivity index (χ4n) is 2.91. The first-order valence-corrected chi connectivity index (χ1v) is 11.5. The lowest BCUT2D eigenvalue weighted by Gasteiger charge is -2.12. The number of ketones is 1. The van der Waals surface area contributed by atoms with E-state index in [0.29, 0.717) is 22.0 Å². The van der Waals surface area contributed by atoms with Gasteiger partial charge in [0.25, 0.3) is 0 Å². The number of ether oxygens (including phenoxy) is 1. The number of carbonyl (C=O) groups is 2. The van der Waals surface area contributed by atoms with E-state index in [1.54, 1.807) is 36.4 Å². The van der Waals surface area contributed by atoms with Crippen LogP contribution in [-0.4, -0.2) is 33.8 Å². The van der Waals surface area contributed by atoms with E-state index < -0.39 is 15.9 Å². The second kappa shape index (κ2) is 10.4. The third-order valence-electron chi connectivity index (χ3n) is 4.55. The predicted octanol–water partition coefficient (Wildman–Crippen LogP) is 3.89. The van der Waals surface area contributed by atoms with E-state index in [1.807, 2.05) is 0 Å². The Morgan fingerprint density at radius 3 is 2.31 bits per heavy atom. The van der Waals surface area contributed by atoms with Crippen molar-refractivity contribution < 1.29 is 22.7 Å². The minimum atomic E-state index is -3.77. The second-order valence-electron chi connectivity index (χ2n) is 6.76. The maximum absolute atomic E-state index is 12.8. The van der Waals surface area contributed by atoms with Crippen molar-refractivity contribution in [1.29, 1.82) is 0 Å². The fraction of sp³-hybridized carbons (Fsp3) is 0.130. The van der Waals surface area contributed by atoms with Gasteiger partial charge in [-0.05, 0) is 42.5 Å². The molecule has 3 rings (SSSR count). The van der Waals surface area contributed by atoms with Gasteiger partial charge in [-0.3, -0.25) is 9.59 Å². The van der Waals surface area contributed by atoms with Crippen LogP contribution in [0.2, 0.25) is 5.02 Å². The van der Waals surface area contributed by atoms with Crippen LogP contribution in [0, 0.1) is 0 Å². The van der Waals surface area contributed by atoms with Crippen LogP contribution in [0.1, 0.15) is 22.3 Å². The van der Waals surface area contributed by atoms with Gasteiger partial charge >= 0.3 is 0 Å². The van der Waals surface area contributed by atoms with Gasteiger partial charge in [-0.15, -0.1) is 0 Å². The number of benzene rings is 3. The zero-order valence-electron chi connectivity index (χ0n) is 17.2. The van der Waals surface area contributed by atoms with E-state index in [4.69, 9.17) is 16.3 Å². The zero-order chi connectivity index (χ0) is 23.1. The van der Waals surface area contributed by atoms with Crippen LogP contribution >= 0.6 is 11.6 Å². The lowest BCUT2D eigenvalue weighted by molar-refractivity contribution is -0.116. The predicted molar refractivity (Wildman–Crippen MR) is 123 cm³/mol. The van der Waals surface area contributed by atoms with Crippen LogP contribution in [-0.2, 0) is 14.8 Å². The summed E-state index contributed by atoms with van der Waals surface area (Å²) < 4.78 is 32.1. The lowest BCUT2D eigenvalue weighted by atomic mass is 10.0. The first-order valence-electron chi connectivity index (χ1n) is 9.63. The summed E-state index contributed by atoms with van der Waals surface area (Å²) >= 11 is 6.05. The van der Waals surface area contributed by atoms with E-state index >= 15 is 0 Å². The molecule has 0 aliphatic carbocycles. The van der Waals surface area contributed by atoms with E-state index in [-0.39, 0.29) is 29.2 Å². The molecule has 3 aromatic carbocycles. The number of carbonyl (C=O) groups excluding carboxylic acids is 2. The van der Waals surface area contributed by atoms with Gasteiger partial charge in [-0.1, -0.05) is 41.9 Å². The number of hydrogen-bond donors (Lipinski definition) is 2. The van der Waals surface area contributed by atoms with E-state index in [2.05, 4.69) is 10.0 Å². The highest BCUT2D eigenvalue weighted by Gasteiger charge is 2.17. The average molecular weight is 473 g/mol. The van der Waals surface area contributed by atoms with Gasteiger partial charge in [0.2, 0.25) is 15.9 Å². The van der Waals surface area contributed by atoms with Crippen LogP contribution in [0.15, 0.2) is 77.7 Å². The number of sulfonamides is 1. The molecule has 0 aliphatic heterocycles. The molecule has 2 N–H and O–H groups in total. The number of halogens is 1. The van der Waals surface area contributed by atoms with Crippen molar-refractivity contribution in [1.82, 2.24) is 4.72 Å². The van der Waals surface area contributed by atoms with Crippen molar-refractivity contribution in [2.75, 3.05) is 19.0 Å². The number of nitrogens with one attached hydrogen (secondary N) is 2. The molecular weight excluding hydrogens is 452 g/mol. The molecule has 0 aliphatic rings. The Labute approximate surface area is 191 Å². The van der Waals surface area contributed by atoms with Crippen molar-refractivity contribution in [3.05, 3.63) is 88.9 Å². The SMILES string of the molecule is COc1ccc(S(=O)(=O)NCCC(=O)Nc2ccc(Cl)cc2C(=O)c2ccccc2)cc1. The normalized spacial score (nSPS) is 11.1. The zero-order valence-corrected chi connectivity index (χ0v) is 18.7. The molecule has 0 radical (unpaired) electrons. The van der Waals surface area contributed by atoms with Gasteiger partial charge in [-0.25, -0.2) is 13.1 Å². The largest absolute Gasteiger partial charge is 0.497 e. The molecule has 0 unspecified atom stereocenters. The summed E-state index contributed by atoms with van der Waals surface area (Å²) in [5.74, 6) is -0.206. The average Bonchev–Trinajstić information content (AvgIpc) is 2.80. The Morgan fingerprint density at radius 1 is 0.969 bits per heavy atom. The standard InChI is InChI=1S/C23H21ClN2O5S/c1-31-18-8-10-19(11-9-18)32(29,30)25-14-13-22(27)26-21-12-7-17(24)15-20(21)23(28)16-5-3-2-4-6-16/h2-12,15,25H,13-14H2,1H3,(H,26,27). The van der Waals surface area contributed by atoms with E-state index in [9.17, 15) is 18.0 Å². The summed E-state index contributed by atoms with van der Waals surface area (Å²) in [6, 6.07) is 19.1. The Kier molecular flexibility index (Phi) is 7.63. The molecule has 0 heterocycles. The third kappa shape index (κ3) is 5.94. The number of rotatable bonds is 9. The Bertz CT molecular complexity index is 1210. The monoisotopic (exact) mass is 472 g/mol. The molecule has 0 fully saturated rings. The maximum atomic E-state index is 12.8. The first-order chi connectivity index (χ1) is 15.3. The van der Waals surface area contributed by atoms with Crippen molar-refractivity contribution in [3.8, 4) is 5.75 Å². The van der Waals surface area contributed by atoms with Crippen LogP contribution in [0.5, 0.6) is 5.75 Å². The summed E-state index contributed by atoms with van der Waals surface area (Å²) in [4.78, 5) is 25.3. The van der Waals surface area contributed by atoms with Gasteiger partial charge in [0.15, 0.2) is 5.78 Å².